The van der Waals surface area contributed by atoms with Crippen molar-refractivity contribution >= 4 is 17.5 Å². The van der Waals surface area contributed by atoms with Gasteiger partial charge in [0.05, 0.1) is 0 Å². The summed E-state index contributed by atoms with van der Waals surface area (Å²) < 4.78 is 1.88. The highest BCUT2D eigenvalue weighted by Crippen LogP contribution is 2.21. The maximum atomic E-state index is 13.2. The molecule has 1 aromatic carbocycles. The van der Waals surface area contributed by atoms with Crippen molar-refractivity contribution in [3.05, 3.63) is 68.1 Å². The van der Waals surface area contributed by atoms with Crippen molar-refractivity contribution < 1.29 is 4.79 Å². The minimum atomic E-state index is -0.280. The Kier molecular flexibility index (Phi) is 7.93. The molecule has 0 radical (unpaired) electrons. The van der Waals surface area contributed by atoms with E-state index >= 15 is 0 Å². The van der Waals surface area contributed by atoms with Gasteiger partial charge in [-0.15, -0.1) is 0 Å². The number of nitrogens with zero attached hydrogens (tertiary/aromatic N) is 1. The first kappa shape index (κ1) is 21.6. The number of rotatable bonds is 7. The summed E-state index contributed by atoms with van der Waals surface area (Å²) in [5.41, 5.74) is 3.45. The van der Waals surface area contributed by atoms with Gasteiger partial charge in [0.25, 0.3) is 11.5 Å². The first-order valence-electron chi connectivity index (χ1n) is 10.9. The minimum absolute atomic E-state index is 0.145. The fourth-order valence-electron chi connectivity index (χ4n) is 4.06. The highest BCUT2D eigenvalue weighted by atomic mass is 35.5. The summed E-state index contributed by atoms with van der Waals surface area (Å²) >= 11 is 6.19. The van der Waals surface area contributed by atoms with E-state index < -0.39 is 0 Å². The summed E-state index contributed by atoms with van der Waals surface area (Å²) in [5, 5.41) is 3.62. The number of nitrogens with one attached hydrogen (secondary N) is 1. The largest absolute Gasteiger partial charge is 0.352 e. The van der Waals surface area contributed by atoms with Crippen LogP contribution in [-0.4, -0.2) is 17.0 Å². The zero-order valence-electron chi connectivity index (χ0n) is 17.3. The van der Waals surface area contributed by atoms with Crippen molar-refractivity contribution in [1.29, 1.82) is 0 Å². The lowest BCUT2D eigenvalue weighted by Gasteiger charge is -2.21. The molecule has 0 aliphatic heterocycles. The Balaban J connectivity index is 1.81. The van der Waals surface area contributed by atoms with Crippen LogP contribution < -0.4 is 10.9 Å². The number of benzene rings is 1. The maximum Gasteiger partial charge on any atom is 0.263 e. The number of aromatic nitrogens is 1. The van der Waals surface area contributed by atoms with E-state index in [9.17, 15) is 9.59 Å². The molecule has 1 aromatic heterocycles. The van der Waals surface area contributed by atoms with Gasteiger partial charge in [0, 0.05) is 23.8 Å². The second-order valence-corrected chi connectivity index (χ2v) is 8.26. The van der Waals surface area contributed by atoms with Gasteiger partial charge in [0.2, 0.25) is 0 Å². The molecule has 1 amide bonds. The topological polar surface area (TPSA) is 51.1 Å². The zero-order chi connectivity index (χ0) is 20.6. The van der Waals surface area contributed by atoms with Crippen LogP contribution in [0.25, 0.3) is 0 Å². The van der Waals surface area contributed by atoms with Crippen LogP contribution in [0, 0.1) is 0 Å². The third kappa shape index (κ3) is 5.51. The van der Waals surface area contributed by atoms with Gasteiger partial charge >= 0.3 is 0 Å². The molecule has 29 heavy (non-hydrogen) atoms. The molecule has 2 aromatic rings. The van der Waals surface area contributed by atoms with Gasteiger partial charge in [-0.05, 0) is 61.8 Å². The molecule has 4 nitrogen and oxygen atoms in total. The molecule has 5 heteroatoms. The number of hydrogen-bond donors (Lipinski definition) is 1. The third-order valence-corrected chi connectivity index (χ3v) is 6.09. The molecule has 1 aliphatic rings. The molecule has 0 atom stereocenters. The van der Waals surface area contributed by atoms with Gasteiger partial charge < -0.3 is 9.88 Å². The first-order valence-corrected chi connectivity index (χ1v) is 11.3. The SMILES string of the molecule is CCCCn1c2c(cc(C(=O)NCCc3ccccc3Cl)c1=O)CCCCCC2. The molecular weight excluding hydrogens is 384 g/mol. The Morgan fingerprint density at radius 3 is 2.66 bits per heavy atom. The summed E-state index contributed by atoms with van der Waals surface area (Å²) in [4.78, 5) is 26.0. The van der Waals surface area contributed by atoms with Gasteiger partial charge in [-0.1, -0.05) is 56.0 Å². The molecule has 0 saturated carbocycles. The monoisotopic (exact) mass is 414 g/mol. The lowest BCUT2D eigenvalue weighted by Crippen LogP contribution is -2.36. The van der Waals surface area contributed by atoms with Gasteiger partial charge in [0.15, 0.2) is 0 Å². The summed E-state index contributed by atoms with van der Waals surface area (Å²) in [6.45, 7) is 3.27. The van der Waals surface area contributed by atoms with E-state index in [2.05, 4.69) is 12.2 Å². The van der Waals surface area contributed by atoms with E-state index in [1.54, 1.807) is 0 Å². The second-order valence-electron chi connectivity index (χ2n) is 7.85. The molecule has 3 rings (SSSR count). The molecule has 1 heterocycles. The van der Waals surface area contributed by atoms with Crippen LogP contribution in [0.1, 0.15) is 72.6 Å². The molecule has 1 aliphatic carbocycles. The average Bonchev–Trinajstić information content (AvgIpc) is 2.69. The Labute approximate surface area is 178 Å². The minimum Gasteiger partial charge on any atom is -0.352 e. The van der Waals surface area contributed by atoms with Gasteiger partial charge in [0.1, 0.15) is 5.56 Å². The lowest BCUT2D eigenvalue weighted by atomic mass is 9.95. The third-order valence-electron chi connectivity index (χ3n) is 5.72. The Bertz CT molecular complexity index is 904. The van der Waals surface area contributed by atoms with Crippen LogP contribution >= 0.6 is 11.6 Å². The fraction of sp³-hybridized carbons (Fsp3) is 0.500. The lowest BCUT2D eigenvalue weighted by molar-refractivity contribution is 0.0951. The van der Waals surface area contributed by atoms with Crippen LogP contribution in [0.3, 0.4) is 0 Å². The number of carbonyl (C=O) groups is 1. The quantitative estimate of drug-likeness (QED) is 0.698. The maximum absolute atomic E-state index is 13.2. The first-order chi connectivity index (χ1) is 14.1. The van der Waals surface area contributed by atoms with E-state index in [-0.39, 0.29) is 17.0 Å². The number of amides is 1. The van der Waals surface area contributed by atoms with Gasteiger partial charge in [-0.3, -0.25) is 9.59 Å². The molecule has 0 spiro atoms. The average molecular weight is 415 g/mol. The number of pyridine rings is 1. The summed E-state index contributed by atoms with van der Waals surface area (Å²) in [6.07, 6.45) is 9.15. The Hall–Kier alpha value is -2.07. The molecular formula is C24H31ClN2O2. The molecule has 0 unspecified atom stereocenters. The normalized spacial score (nSPS) is 14.0. The molecule has 0 saturated heterocycles. The van der Waals surface area contributed by atoms with Crippen molar-refractivity contribution in [3.63, 3.8) is 0 Å². The number of hydrogen-bond acceptors (Lipinski definition) is 2. The van der Waals surface area contributed by atoms with Crippen molar-refractivity contribution in [3.8, 4) is 0 Å². The van der Waals surface area contributed by atoms with Gasteiger partial charge in [-0.2, -0.15) is 0 Å². The standard InChI is InChI=1S/C24H31ClN2O2/c1-2-3-16-27-22-13-7-5-4-6-11-19(22)17-20(24(27)29)23(28)26-15-14-18-10-8-9-12-21(18)25/h8-10,12,17H,2-7,11,13-16H2,1H3,(H,26,28). The number of fused-ring (bicyclic) bond motifs is 1. The van der Waals surface area contributed by atoms with E-state index in [4.69, 9.17) is 11.6 Å². The highest BCUT2D eigenvalue weighted by Gasteiger charge is 2.19. The molecule has 0 fully saturated rings. The second kappa shape index (κ2) is 10.6. The number of carbonyl (C=O) groups excluding carboxylic acids is 1. The van der Waals surface area contributed by atoms with Crippen LogP contribution in [0.4, 0.5) is 0 Å². The number of aryl methyl sites for hydroxylation is 1. The van der Waals surface area contributed by atoms with E-state index in [0.29, 0.717) is 24.5 Å². The van der Waals surface area contributed by atoms with E-state index in [0.717, 1.165) is 49.8 Å². The van der Waals surface area contributed by atoms with Crippen LogP contribution in [-0.2, 0) is 25.8 Å². The Morgan fingerprint density at radius 1 is 1.14 bits per heavy atom. The van der Waals surface area contributed by atoms with Crippen molar-refractivity contribution in [1.82, 2.24) is 9.88 Å². The summed E-state index contributed by atoms with van der Waals surface area (Å²) in [5.74, 6) is -0.280. The Morgan fingerprint density at radius 2 is 1.90 bits per heavy atom. The predicted octanol–water partition coefficient (Wildman–Crippen LogP) is 4.93. The smallest absolute Gasteiger partial charge is 0.263 e. The van der Waals surface area contributed by atoms with E-state index in [1.165, 1.54) is 18.4 Å². The van der Waals surface area contributed by atoms with Gasteiger partial charge in [-0.25, -0.2) is 0 Å². The van der Waals surface area contributed by atoms with Crippen molar-refractivity contribution in [2.75, 3.05) is 6.54 Å². The predicted molar refractivity (Wildman–Crippen MR) is 119 cm³/mol. The van der Waals surface area contributed by atoms with E-state index in [1.807, 2.05) is 34.9 Å². The van der Waals surface area contributed by atoms with Crippen LogP contribution in [0.5, 0.6) is 0 Å². The molecule has 1 N–H and O–H groups in total. The highest BCUT2D eigenvalue weighted by molar-refractivity contribution is 6.31. The summed E-state index contributed by atoms with van der Waals surface area (Å²) in [7, 11) is 0. The fourth-order valence-corrected chi connectivity index (χ4v) is 4.29. The van der Waals surface area contributed by atoms with Crippen molar-refractivity contribution in [2.24, 2.45) is 0 Å². The van der Waals surface area contributed by atoms with Crippen molar-refractivity contribution in [2.45, 2.75) is 71.3 Å². The molecule has 0 bridgehead atoms. The number of unbranched alkanes of at least 4 members (excludes halogenated alkanes) is 1. The number of halogens is 1. The molecule has 156 valence electrons. The van der Waals surface area contributed by atoms with Crippen LogP contribution in [0.2, 0.25) is 5.02 Å². The van der Waals surface area contributed by atoms with Crippen LogP contribution in [0.15, 0.2) is 35.1 Å². The summed E-state index contributed by atoms with van der Waals surface area (Å²) in [6, 6.07) is 9.49. The zero-order valence-corrected chi connectivity index (χ0v) is 18.1.